The van der Waals surface area contributed by atoms with E-state index in [2.05, 4.69) is 5.32 Å². The Morgan fingerprint density at radius 1 is 1.21 bits per heavy atom. The van der Waals surface area contributed by atoms with E-state index in [1.165, 1.54) is 4.31 Å². The van der Waals surface area contributed by atoms with Gasteiger partial charge in [-0.25, -0.2) is 17.5 Å². The SMILES string of the molecule is CCN(CC)S(=O)(=O)CC(=O)NC(C(=O)O)c1cccc(C)c1C. The van der Waals surface area contributed by atoms with Crippen LogP contribution in [0, 0.1) is 13.8 Å². The van der Waals surface area contributed by atoms with Gasteiger partial charge in [0.1, 0.15) is 5.75 Å². The number of carboxylic acids is 1. The highest BCUT2D eigenvalue weighted by molar-refractivity contribution is 7.89. The van der Waals surface area contributed by atoms with E-state index in [4.69, 9.17) is 0 Å². The van der Waals surface area contributed by atoms with Crippen LogP contribution < -0.4 is 5.32 Å². The van der Waals surface area contributed by atoms with Crippen LogP contribution in [0.25, 0.3) is 0 Å². The predicted octanol–water partition coefficient (Wildman–Crippen LogP) is 1.22. The van der Waals surface area contributed by atoms with Crippen molar-refractivity contribution in [1.82, 2.24) is 9.62 Å². The highest BCUT2D eigenvalue weighted by Crippen LogP contribution is 2.21. The number of hydrogen-bond acceptors (Lipinski definition) is 4. The summed E-state index contributed by atoms with van der Waals surface area (Å²) >= 11 is 0. The van der Waals surface area contributed by atoms with Crippen molar-refractivity contribution in [1.29, 1.82) is 0 Å². The van der Waals surface area contributed by atoms with E-state index < -0.39 is 33.7 Å². The molecule has 0 saturated heterocycles. The summed E-state index contributed by atoms with van der Waals surface area (Å²) < 4.78 is 25.4. The highest BCUT2D eigenvalue weighted by atomic mass is 32.2. The predicted molar refractivity (Wildman–Crippen MR) is 91.1 cm³/mol. The first kappa shape index (κ1) is 20.1. The van der Waals surface area contributed by atoms with E-state index in [0.717, 1.165) is 11.1 Å². The molecule has 0 saturated carbocycles. The van der Waals surface area contributed by atoms with Gasteiger partial charge in [-0.3, -0.25) is 4.79 Å². The zero-order valence-electron chi connectivity index (χ0n) is 14.4. The fourth-order valence-electron chi connectivity index (χ4n) is 2.44. The number of carbonyl (C=O) groups excluding carboxylic acids is 1. The van der Waals surface area contributed by atoms with Gasteiger partial charge < -0.3 is 10.4 Å². The topological polar surface area (TPSA) is 104 Å². The third-order valence-corrected chi connectivity index (χ3v) is 5.85. The first-order valence-corrected chi connectivity index (χ1v) is 9.31. The molecule has 24 heavy (non-hydrogen) atoms. The Kier molecular flexibility index (Phi) is 6.92. The molecule has 8 heteroatoms. The minimum absolute atomic E-state index is 0.255. The van der Waals surface area contributed by atoms with Crippen LogP contribution in [-0.2, 0) is 19.6 Å². The van der Waals surface area contributed by atoms with E-state index in [1.807, 2.05) is 13.0 Å². The molecule has 1 rings (SSSR count). The lowest BCUT2D eigenvalue weighted by atomic mass is 9.97. The summed E-state index contributed by atoms with van der Waals surface area (Å²) in [5, 5.41) is 11.7. The number of amides is 1. The third-order valence-electron chi connectivity index (χ3n) is 3.92. The van der Waals surface area contributed by atoms with Crippen molar-refractivity contribution in [3.63, 3.8) is 0 Å². The molecule has 0 fully saturated rings. The van der Waals surface area contributed by atoms with Crippen molar-refractivity contribution in [2.45, 2.75) is 33.7 Å². The molecule has 134 valence electrons. The van der Waals surface area contributed by atoms with E-state index in [-0.39, 0.29) is 13.1 Å². The maximum atomic E-state index is 12.1. The molecule has 1 aromatic rings. The van der Waals surface area contributed by atoms with Gasteiger partial charge in [-0.2, -0.15) is 0 Å². The van der Waals surface area contributed by atoms with Crippen LogP contribution in [0.3, 0.4) is 0 Å². The largest absolute Gasteiger partial charge is 0.479 e. The van der Waals surface area contributed by atoms with E-state index in [1.54, 1.807) is 32.9 Å². The molecule has 7 nitrogen and oxygen atoms in total. The molecule has 0 bridgehead atoms. The van der Waals surface area contributed by atoms with Crippen LogP contribution >= 0.6 is 0 Å². The Morgan fingerprint density at radius 2 is 1.79 bits per heavy atom. The fourth-order valence-corrected chi connectivity index (χ4v) is 3.82. The molecular weight excluding hydrogens is 332 g/mol. The average molecular weight is 356 g/mol. The second-order valence-corrected chi connectivity index (χ2v) is 7.44. The Balaban J connectivity index is 3.00. The van der Waals surface area contributed by atoms with Crippen LogP contribution in [0.2, 0.25) is 0 Å². The van der Waals surface area contributed by atoms with Crippen LogP contribution in [0.4, 0.5) is 0 Å². The maximum Gasteiger partial charge on any atom is 0.330 e. The van der Waals surface area contributed by atoms with E-state index in [9.17, 15) is 23.1 Å². The summed E-state index contributed by atoms with van der Waals surface area (Å²) in [6, 6.07) is 3.86. The van der Waals surface area contributed by atoms with E-state index in [0.29, 0.717) is 5.56 Å². The van der Waals surface area contributed by atoms with Gasteiger partial charge in [0.15, 0.2) is 6.04 Å². The summed E-state index contributed by atoms with van der Waals surface area (Å²) in [4.78, 5) is 23.6. The van der Waals surface area contributed by atoms with Gasteiger partial charge in [0.25, 0.3) is 0 Å². The maximum absolute atomic E-state index is 12.1. The lowest BCUT2D eigenvalue weighted by Crippen LogP contribution is -2.42. The van der Waals surface area contributed by atoms with Gasteiger partial charge in [-0.05, 0) is 30.5 Å². The van der Waals surface area contributed by atoms with Crippen LogP contribution in [0.5, 0.6) is 0 Å². The Bertz CT molecular complexity index is 711. The number of aliphatic carboxylic acids is 1. The standard InChI is InChI=1S/C16H24N2O5S/c1-5-18(6-2)24(22,23)10-14(19)17-15(16(20)21)13-9-7-8-11(3)12(13)4/h7-9,15H,5-6,10H2,1-4H3,(H,17,19)(H,20,21). The lowest BCUT2D eigenvalue weighted by molar-refractivity contribution is -0.141. The zero-order chi connectivity index (χ0) is 18.5. The molecule has 2 N–H and O–H groups in total. The highest BCUT2D eigenvalue weighted by Gasteiger charge is 2.28. The first-order valence-electron chi connectivity index (χ1n) is 7.70. The first-order chi connectivity index (χ1) is 11.1. The van der Waals surface area contributed by atoms with Crippen molar-refractivity contribution in [2.75, 3.05) is 18.8 Å². The number of rotatable bonds is 8. The number of aryl methyl sites for hydroxylation is 1. The smallest absolute Gasteiger partial charge is 0.330 e. The van der Waals surface area contributed by atoms with Crippen molar-refractivity contribution in [2.24, 2.45) is 0 Å². The molecule has 0 aliphatic heterocycles. The van der Waals surface area contributed by atoms with Crippen LogP contribution in [0.15, 0.2) is 18.2 Å². The summed E-state index contributed by atoms with van der Waals surface area (Å²) in [6.45, 7) is 7.46. The summed E-state index contributed by atoms with van der Waals surface area (Å²) in [5.41, 5.74) is 2.08. The minimum atomic E-state index is -3.77. The number of benzene rings is 1. The molecular formula is C16H24N2O5S. The number of sulfonamides is 1. The summed E-state index contributed by atoms with van der Waals surface area (Å²) in [7, 11) is -3.77. The minimum Gasteiger partial charge on any atom is -0.479 e. The lowest BCUT2D eigenvalue weighted by Gasteiger charge is -2.21. The molecule has 0 radical (unpaired) electrons. The number of nitrogens with one attached hydrogen (secondary N) is 1. The Morgan fingerprint density at radius 3 is 2.29 bits per heavy atom. The second kappa shape index (κ2) is 8.25. The van der Waals surface area contributed by atoms with Crippen molar-refractivity contribution < 1.29 is 23.1 Å². The number of nitrogens with zero attached hydrogens (tertiary/aromatic N) is 1. The van der Waals surface area contributed by atoms with Gasteiger partial charge >= 0.3 is 5.97 Å². The van der Waals surface area contributed by atoms with Crippen molar-refractivity contribution in [3.8, 4) is 0 Å². The van der Waals surface area contributed by atoms with Crippen molar-refractivity contribution >= 4 is 21.9 Å². The van der Waals surface area contributed by atoms with Crippen LogP contribution in [0.1, 0.15) is 36.6 Å². The fraction of sp³-hybridized carbons (Fsp3) is 0.500. The molecule has 0 aliphatic rings. The zero-order valence-corrected chi connectivity index (χ0v) is 15.2. The molecule has 1 amide bonds. The third kappa shape index (κ3) is 4.78. The molecule has 1 atom stereocenters. The Hall–Kier alpha value is -1.93. The number of carbonyl (C=O) groups is 2. The average Bonchev–Trinajstić information content (AvgIpc) is 2.48. The van der Waals surface area contributed by atoms with Gasteiger partial charge in [-0.15, -0.1) is 0 Å². The molecule has 0 heterocycles. The van der Waals surface area contributed by atoms with Gasteiger partial charge in [0.2, 0.25) is 15.9 Å². The van der Waals surface area contributed by atoms with E-state index >= 15 is 0 Å². The Labute approximate surface area is 142 Å². The number of carboxylic acid groups (broad SMARTS) is 1. The van der Waals surface area contributed by atoms with Crippen LogP contribution in [-0.4, -0.2) is 48.5 Å². The summed E-state index contributed by atoms with van der Waals surface area (Å²) in [6.07, 6.45) is 0. The van der Waals surface area contributed by atoms with Gasteiger partial charge in [0, 0.05) is 13.1 Å². The molecule has 0 spiro atoms. The van der Waals surface area contributed by atoms with Gasteiger partial charge in [-0.1, -0.05) is 32.0 Å². The number of hydrogen-bond donors (Lipinski definition) is 2. The quantitative estimate of drug-likeness (QED) is 0.729. The normalized spacial score (nSPS) is 12.9. The molecule has 1 unspecified atom stereocenters. The molecule has 0 aliphatic carbocycles. The molecule has 1 aromatic carbocycles. The van der Waals surface area contributed by atoms with Gasteiger partial charge in [0.05, 0.1) is 0 Å². The monoisotopic (exact) mass is 356 g/mol. The van der Waals surface area contributed by atoms with Crippen molar-refractivity contribution in [3.05, 3.63) is 34.9 Å². The summed E-state index contributed by atoms with van der Waals surface area (Å²) in [5.74, 6) is -2.85. The molecule has 0 aromatic heterocycles. The second-order valence-electron chi connectivity index (χ2n) is 5.47.